The van der Waals surface area contributed by atoms with Crippen LogP contribution in [0, 0.1) is 0 Å². The Labute approximate surface area is 77.1 Å². The van der Waals surface area contributed by atoms with Gasteiger partial charge in [-0.15, -0.1) is 0 Å². The molecule has 2 rings (SSSR count). The fourth-order valence-electron chi connectivity index (χ4n) is 2.42. The summed E-state index contributed by atoms with van der Waals surface area (Å²) in [5.74, 6) is 0. The molecule has 2 saturated carbocycles. The Balaban J connectivity index is 1.96. The molecule has 0 atom stereocenters. The van der Waals surface area contributed by atoms with E-state index in [-0.39, 0.29) is 10.3 Å². The summed E-state index contributed by atoms with van der Waals surface area (Å²) >= 11 is 1.47. The van der Waals surface area contributed by atoms with Crippen molar-refractivity contribution in [2.24, 2.45) is 5.73 Å². The number of hydrogen-bond donors (Lipinski definition) is 1. The molecule has 70 valence electrons. The van der Waals surface area contributed by atoms with Crippen molar-refractivity contribution < 1.29 is 9.22 Å². The third-order valence-electron chi connectivity index (χ3n) is 3.11. The molecule has 0 aromatic carbocycles. The van der Waals surface area contributed by atoms with Crippen LogP contribution in [-0.2, 0) is 9.22 Å². The maximum absolute atomic E-state index is 6.15. The highest BCUT2D eigenvalue weighted by atomic mass is 32.2. The molecule has 3 nitrogen and oxygen atoms in total. The Morgan fingerprint density at radius 2 is 1.92 bits per heavy atom. The minimum Gasteiger partial charge on any atom is -0.325 e. The molecule has 0 aliphatic heterocycles. The fraction of sp³-hybridized carbons (Fsp3) is 1.00. The molecule has 0 unspecified atom stereocenters. The van der Waals surface area contributed by atoms with E-state index in [2.05, 4.69) is 4.89 Å². The van der Waals surface area contributed by atoms with Gasteiger partial charge in [0.25, 0.3) is 0 Å². The number of nitrogens with two attached hydrogens (primary N) is 1. The van der Waals surface area contributed by atoms with Gasteiger partial charge in [0.05, 0.1) is 7.11 Å². The highest BCUT2D eigenvalue weighted by Gasteiger charge is 2.53. The van der Waals surface area contributed by atoms with Crippen LogP contribution in [0.4, 0.5) is 0 Å². The van der Waals surface area contributed by atoms with Crippen LogP contribution in [-0.4, -0.2) is 17.4 Å². The predicted octanol–water partition coefficient (Wildman–Crippen LogP) is 1.63. The Morgan fingerprint density at radius 3 is 2.33 bits per heavy atom. The zero-order valence-corrected chi connectivity index (χ0v) is 8.15. The van der Waals surface area contributed by atoms with Crippen molar-refractivity contribution in [1.29, 1.82) is 0 Å². The van der Waals surface area contributed by atoms with E-state index in [1.165, 1.54) is 24.9 Å². The van der Waals surface area contributed by atoms with Gasteiger partial charge < -0.3 is 5.73 Å². The van der Waals surface area contributed by atoms with Crippen LogP contribution in [0.5, 0.6) is 0 Å². The lowest BCUT2D eigenvalue weighted by Gasteiger charge is -2.23. The molecular formula is C8H15NO2S. The Hall–Kier alpha value is 0.230. The van der Waals surface area contributed by atoms with Crippen LogP contribution >= 0.6 is 12.0 Å². The quantitative estimate of drug-likeness (QED) is 0.416. The molecule has 0 amide bonds. The van der Waals surface area contributed by atoms with Crippen LogP contribution in [0.15, 0.2) is 0 Å². The molecule has 2 fully saturated rings. The molecule has 4 heteroatoms. The number of fused-ring (bicyclic) bond motifs is 2. The van der Waals surface area contributed by atoms with Crippen molar-refractivity contribution in [2.75, 3.05) is 7.11 Å². The first-order valence-electron chi connectivity index (χ1n) is 4.36. The molecule has 2 aliphatic rings. The lowest BCUT2D eigenvalue weighted by molar-refractivity contribution is -0.161. The zero-order valence-electron chi connectivity index (χ0n) is 7.34. The van der Waals surface area contributed by atoms with Crippen molar-refractivity contribution >= 4 is 12.0 Å². The second-order valence-electron chi connectivity index (χ2n) is 4.04. The third-order valence-corrected chi connectivity index (χ3v) is 4.22. The highest BCUT2D eigenvalue weighted by molar-refractivity contribution is 7.96. The summed E-state index contributed by atoms with van der Waals surface area (Å²) in [6, 6.07) is 0. The monoisotopic (exact) mass is 189 g/mol. The van der Waals surface area contributed by atoms with E-state index in [4.69, 9.17) is 10.1 Å². The van der Waals surface area contributed by atoms with Gasteiger partial charge in [-0.05, 0) is 32.1 Å². The summed E-state index contributed by atoms with van der Waals surface area (Å²) in [5, 5.41) is 0. The summed E-state index contributed by atoms with van der Waals surface area (Å²) in [7, 11) is 1.54. The first-order chi connectivity index (χ1) is 5.68. The number of hydrogen-bond acceptors (Lipinski definition) is 4. The summed E-state index contributed by atoms with van der Waals surface area (Å²) in [6.45, 7) is 0. The number of rotatable bonds is 3. The second-order valence-corrected chi connectivity index (χ2v) is 5.21. The van der Waals surface area contributed by atoms with Gasteiger partial charge in [0.2, 0.25) is 0 Å². The van der Waals surface area contributed by atoms with E-state index in [1.807, 2.05) is 0 Å². The minimum atomic E-state index is 0.115. The van der Waals surface area contributed by atoms with Crippen molar-refractivity contribution in [3.05, 3.63) is 0 Å². The summed E-state index contributed by atoms with van der Waals surface area (Å²) in [6.07, 6.45) is 5.74. The van der Waals surface area contributed by atoms with Gasteiger partial charge in [0.15, 0.2) is 0 Å². The predicted molar refractivity (Wildman–Crippen MR) is 48.4 cm³/mol. The van der Waals surface area contributed by atoms with Gasteiger partial charge in [-0.3, -0.25) is 0 Å². The molecule has 2 bridgehead atoms. The van der Waals surface area contributed by atoms with Crippen molar-refractivity contribution in [2.45, 2.75) is 42.4 Å². The maximum Gasteiger partial charge on any atom is 0.0725 e. The summed E-state index contributed by atoms with van der Waals surface area (Å²) in [5.41, 5.74) is 6.26. The van der Waals surface area contributed by atoms with Crippen molar-refractivity contribution in [3.8, 4) is 0 Å². The van der Waals surface area contributed by atoms with Crippen LogP contribution in [0.2, 0.25) is 0 Å². The lowest BCUT2D eigenvalue weighted by Crippen LogP contribution is -2.33. The van der Waals surface area contributed by atoms with Crippen molar-refractivity contribution in [3.63, 3.8) is 0 Å². The molecule has 0 heterocycles. The Kier molecular flexibility index (Phi) is 2.11. The Bertz CT molecular complexity index is 178. The van der Waals surface area contributed by atoms with Gasteiger partial charge in [-0.25, -0.2) is 4.89 Å². The second kappa shape index (κ2) is 2.87. The van der Waals surface area contributed by atoms with E-state index in [0.29, 0.717) is 0 Å². The average molecular weight is 189 g/mol. The summed E-state index contributed by atoms with van der Waals surface area (Å²) < 4.78 is 5.21. The molecule has 0 aromatic rings. The first kappa shape index (κ1) is 8.81. The molecule has 12 heavy (non-hydrogen) atoms. The van der Waals surface area contributed by atoms with E-state index in [0.717, 1.165) is 19.3 Å². The van der Waals surface area contributed by atoms with Gasteiger partial charge in [0.1, 0.15) is 0 Å². The van der Waals surface area contributed by atoms with Gasteiger partial charge in [0, 0.05) is 22.3 Å². The smallest absolute Gasteiger partial charge is 0.0725 e. The molecule has 0 radical (unpaired) electrons. The first-order valence-corrected chi connectivity index (χ1v) is 5.10. The van der Waals surface area contributed by atoms with Crippen LogP contribution in [0.1, 0.15) is 32.1 Å². The highest BCUT2D eigenvalue weighted by Crippen LogP contribution is 2.56. The summed E-state index contributed by atoms with van der Waals surface area (Å²) in [4.78, 5) is 4.60. The lowest BCUT2D eigenvalue weighted by atomic mass is 9.95. The van der Waals surface area contributed by atoms with Gasteiger partial charge >= 0.3 is 0 Å². The maximum atomic E-state index is 6.15. The Morgan fingerprint density at radius 1 is 1.25 bits per heavy atom. The fourth-order valence-corrected chi connectivity index (χ4v) is 3.35. The SMILES string of the molecule is COOSC12CCC(N)(CC1)C2. The van der Waals surface area contributed by atoms with E-state index in [1.54, 1.807) is 7.11 Å². The normalized spacial score (nSPS) is 45.5. The standard InChI is InChI=1S/C8H15NO2S/c1-10-11-12-8-4-2-7(9,6-8)3-5-8/h2-6,9H2,1H3. The van der Waals surface area contributed by atoms with Crippen LogP contribution < -0.4 is 5.73 Å². The third kappa shape index (κ3) is 1.37. The average Bonchev–Trinajstić information content (AvgIpc) is 2.55. The van der Waals surface area contributed by atoms with Crippen LogP contribution in [0.25, 0.3) is 0 Å². The topological polar surface area (TPSA) is 44.5 Å². The molecule has 2 N–H and O–H groups in total. The van der Waals surface area contributed by atoms with E-state index < -0.39 is 0 Å². The van der Waals surface area contributed by atoms with E-state index >= 15 is 0 Å². The van der Waals surface area contributed by atoms with Gasteiger partial charge in [-0.1, -0.05) is 0 Å². The largest absolute Gasteiger partial charge is 0.325 e. The van der Waals surface area contributed by atoms with Crippen molar-refractivity contribution in [1.82, 2.24) is 0 Å². The molecule has 2 aliphatic carbocycles. The molecule has 0 aromatic heterocycles. The van der Waals surface area contributed by atoms with Crippen LogP contribution in [0.3, 0.4) is 0 Å². The van der Waals surface area contributed by atoms with Gasteiger partial charge in [-0.2, -0.15) is 4.33 Å². The molecule has 0 spiro atoms. The minimum absolute atomic E-state index is 0.115. The molecular weight excluding hydrogens is 174 g/mol. The zero-order chi connectivity index (χ0) is 8.66. The van der Waals surface area contributed by atoms with E-state index in [9.17, 15) is 0 Å². The molecule has 0 saturated heterocycles.